The number of nitrogens with one attached hydrogen (secondary N) is 1. The van der Waals surface area contributed by atoms with E-state index in [0.29, 0.717) is 38.5 Å². The van der Waals surface area contributed by atoms with E-state index in [1.807, 2.05) is 91.9 Å². The molecule has 10 heterocycles. The van der Waals surface area contributed by atoms with E-state index < -0.39 is 30.4 Å². The molecule has 14 bridgehead atoms. The summed E-state index contributed by atoms with van der Waals surface area (Å²) < 4.78 is 122. The Hall–Kier alpha value is -8.44. The van der Waals surface area contributed by atoms with E-state index in [1.54, 1.807) is 45.9 Å². The molecule has 6 unspecified atom stereocenters. The van der Waals surface area contributed by atoms with Gasteiger partial charge >= 0.3 is 0 Å². The van der Waals surface area contributed by atoms with Crippen molar-refractivity contribution in [2.45, 2.75) is 125 Å². The summed E-state index contributed by atoms with van der Waals surface area (Å²) in [4.78, 5) is 6.08. The number of fused-ring (bicyclic) bond motifs is 2. The van der Waals surface area contributed by atoms with Gasteiger partial charge in [0.15, 0.2) is 24.1 Å². The van der Waals surface area contributed by atoms with Gasteiger partial charge in [-0.1, -0.05) is 116 Å². The van der Waals surface area contributed by atoms with E-state index in [0.717, 1.165) is 87.9 Å². The van der Waals surface area contributed by atoms with Crippen LogP contribution in [0.5, 0.6) is 0 Å². The van der Waals surface area contributed by atoms with E-state index in [2.05, 4.69) is 104 Å². The zero-order chi connectivity index (χ0) is 66.4. The molecule has 9 aromatic carbocycles. The van der Waals surface area contributed by atoms with Crippen LogP contribution in [-0.2, 0) is 38.9 Å². The topological polar surface area (TPSA) is 212 Å². The van der Waals surface area contributed by atoms with Crippen LogP contribution in [0.3, 0.4) is 0 Å². The quantitative estimate of drug-likeness (QED) is 0.0509. The minimum absolute atomic E-state index is 0.0141. The third-order valence-corrected chi connectivity index (χ3v) is 22.1. The third kappa shape index (κ3) is 16.6. The lowest BCUT2D eigenvalue weighted by Crippen LogP contribution is -2.24. The van der Waals surface area contributed by atoms with Gasteiger partial charge in [-0.05, 0) is 211 Å². The Kier molecular flexibility index (Phi) is 20.2. The maximum absolute atomic E-state index is 12.6. The van der Waals surface area contributed by atoms with Crippen molar-refractivity contribution in [1.29, 1.82) is 0 Å². The molecule has 0 saturated carbocycles. The second-order valence-electron chi connectivity index (χ2n) is 24.6. The van der Waals surface area contributed by atoms with Crippen LogP contribution in [0.15, 0.2) is 272 Å². The highest BCUT2D eigenvalue weighted by Crippen LogP contribution is 2.47. The minimum atomic E-state index is -4.53. The summed E-state index contributed by atoms with van der Waals surface area (Å²) in [6.07, 6.45) is 11.9. The van der Waals surface area contributed by atoms with Gasteiger partial charge in [-0.15, -0.1) is 0 Å². The van der Waals surface area contributed by atoms with E-state index in [1.165, 1.54) is 60.5 Å². The molecule has 11 aliphatic rings. The standard InChI is InChI=1S/C75H70N4O11S5/c1-4-52(54-13-39-73(40-14-54)93(80,81)82)46-60(58-17-43-75(44-18-58)95(86,87)88)48-62-49-61-47-59(57-15-41-74(42-16-57)94(83,84)85)45-51(3)53-9-35-71(36-10-53)91-89-78(67-27-5-50(2)6-28-67)68-29-23-65(24-30-68)77-66-25-33-70(34-26-66)79(90-92-72-37-11-56(61)12-38-72)69-31-21-64(22-32-69)76-63-19-7-55(62)8-20-63/h5-44,51-52,59-62,64,76H,4,45-49H2,1-3H3,(H-2,80,81,82,83,84,85,86,87,88)/p+2. The highest BCUT2D eigenvalue weighted by Gasteiger charge is 2.32. The third-order valence-electron chi connectivity index (χ3n) is 18.2. The molecule has 0 saturated heterocycles. The average Bonchev–Trinajstić information content (AvgIpc) is 1.39. The molecule has 20 rings (SSSR count). The zero-order valence-electron chi connectivity index (χ0n) is 52.4. The predicted molar refractivity (Wildman–Crippen MR) is 373 cm³/mol. The van der Waals surface area contributed by atoms with Crippen LogP contribution in [-0.4, -0.2) is 55.4 Å². The molecule has 95 heavy (non-hydrogen) atoms. The number of allylic oxidation sites excluding steroid dienone is 2. The van der Waals surface area contributed by atoms with Gasteiger partial charge in [0, 0.05) is 63.7 Å². The lowest BCUT2D eigenvalue weighted by atomic mass is 9.72. The van der Waals surface area contributed by atoms with Crippen LogP contribution in [0.1, 0.15) is 127 Å². The highest BCUT2D eigenvalue weighted by molar-refractivity contribution is 7.94. The fourth-order valence-electron chi connectivity index (χ4n) is 12.9. The zero-order valence-corrected chi connectivity index (χ0v) is 56.5. The number of rotatable bonds is 12. The van der Waals surface area contributed by atoms with Gasteiger partial charge in [0.05, 0.1) is 41.6 Å². The maximum atomic E-state index is 12.6. The van der Waals surface area contributed by atoms with Crippen molar-refractivity contribution in [3.63, 3.8) is 0 Å². The molecule has 0 spiro atoms. The van der Waals surface area contributed by atoms with Crippen LogP contribution in [0.4, 0.5) is 22.7 Å². The summed E-state index contributed by atoms with van der Waals surface area (Å²) in [6.45, 7) is 6.32. The van der Waals surface area contributed by atoms with Gasteiger partial charge in [0.2, 0.25) is 0 Å². The average molecular weight is 1370 g/mol. The van der Waals surface area contributed by atoms with Crippen molar-refractivity contribution in [3.8, 4) is 0 Å². The van der Waals surface area contributed by atoms with E-state index in [4.69, 9.17) is 13.6 Å². The predicted octanol–water partition coefficient (Wildman–Crippen LogP) is 16.5. The summed E-state index contributed by atoms with van der Waals surface area (Å²) in [6, 6.07) is 68.3. The largest absolute Gasteiger partial charge is 0.375 e. The van der Waals surface area contributed by atoms with E-state index in [-0.39, 0.29) is 56.2 Å². The van der Waals surface area contributed by atoms with Crippen LogP contribution < -0.4 is 20.8 Å². The van der Waals surface area contributed by atoms with Gasteiger partial charge in [0.25, 0.3) is 52.8 Å². The lowest BCUT2D eigenvalue weighted by molar-refractivity contribution is -0.675. The fraction of sp³-hybridized carbons (Fsp3) is 0.213. The normalized spacial score (nSPS) is 19.2. The maximum Gasteiger partial charge on any atom is 0.294 e. The summed E-state index contributed by atoms with van der Waals surface area (Å²) in [7, 11) is -13.5. The molecule has 1 aliphatic carbocycles. The Morgan fingerprint density at radius 3 is 1.52 bits per heavy atom. The summed E-state index contributed by atoms with van der Waals surface area (Å²) in [5, 5.41) is 5.26. The smallest absolute Gasteiger partial charge is 0.294 e. The van der Waals surface area contributed by atoms with Crippen LogP contribution in [0, 0.1) is 6.92 Å². The van der Waals surface area contributed by atoms with Crippen molar-refractivity contribution in [1.82, 2.24) is 4.74 Å². The Morgan fingerprint density at radius 1 is 0.516 bits per heavy atom. The van der Waals surface area contributed by atoms with Gasteiger partial charge in [0.1, 0.15) is 0 Å². The van der Waals surface area contributed by atoms with Gasteiger partial charge < -0.3 is 5.32 Å². The molecule has 15 nitrogen and oxygen atoms in total. The van der Waals surface area contributed by atoms with Crippen LogP contribution in [0.25, 0.3) is 0 Å². The molecule has 10 aliphatic heterocycles. The second-order valence-corrected chi connectivity index (χ2v) is 30.4. The number of aryl methyl sites for hydroxylation is 1. The first-order valence-corrected chi connectivity index (χ1v) is 37.3. The monoisotopic (exact) mass is 1360 g/mol. The number of benzene rings is 9. The lowest BCUT2D eigenvalue weighted by Gasteiger charge is -2.33. The molecule has 0 amide bonds. The summed E-state index contributed by atoms with van der Waals surface area (Å²) in [5.74, 6) is -0.849. The van der Waals surface area contributed by atoms with Crippen molar-refractivity contribution in [2.24, 2.45) is 4.99 Å². The SMILES string of the molecule is CCC(CC(CC1CC2CC(c3ccc(S(=O)(=O)O)cc3)CC(C)c3ccc(cc3)SO[N+](c3ccc(C)cc3)=c3ccc(cc3)=Nc3ccc(cc3)[N+](=C3C=CC(C=C3)Nc3ccc1cc3)OSc1ccc2cc1)c1ccc(S(=O)(=O)O)cc1)c1ccc(S(=O)(=O)O)cc1. The van der Waals surface area contributed by atoms with Crippen molar-refractivity contribution < 1.29 is 52.2 Å². The number of anilines is 1. The van der Waals surface area contributed by atoms with E-state index in [9.17, 15) is 38.9 Å². The Labute approximate surface area is 563 Å². The Bertz CT molecular complexity index is 4770. The number of nitrogens with zero attached hydrogens (tertiary/aromatic N) is 3. The number of hydrogen-bond acceptors (Lipinski definition) is 12. The fourth-order valence-corrected chi connectivity index (χ4v) is 15.5. The molecule has 0 radical (unpaired) electrons. The molecular weight excluding hydrogens is 1290 g/mol. The molecule has 9 aromatic rings. The molecule has 0 fully saturated rings. The van der Waals surface area contributed by atoms with Crippen molar-refractivity contribution in [3.05, 3.63) is 292 Å². The molecular formula is C75H72N4O11S5+2. The van der Waals surface area contributed by atoms with Crippen LogP contribution >= 0.6 is 24.1 Å². The van der Waals surface area contributed by atoms with Gasteiger partial charge in [-0.2, -0.15) is 33.8 Å². The first-order chi connectivity index (χ1) is 45.6. The minimum Gasteiger partial charge on any atom is -0.375 e. The first-order valence-electron chi connectivity index (χ1n) is 31.5. The van der Waals surface area contributed by atoms with Crippen molar-refractivity contribution in [2.75, 3.05) is 5.32 Å². The Morgan fingerprint density at radius 2 is 0.979 bits per heavy atom. The highest BCUT2D eigenvalue weighted by atomic mass is 32.2. The summed E-state index contributed by atoms with van der Waals surface area (Å²) in [5.41, 5.74) is 11.0. The molecule has 486 valence electrons. The molecule has 20 heteroatoms. The molecule has 4 N–H and O–H groups in total. The Balaban J connectivity index is 0.995. The second kappa shape index (κ2) is 28.9. The van der Waals surface area contributed by atoms with Gasteiger partial charge in [-0.25, -0.2) is 4.99 Å². The van der Waals surface area contributed by atoms with Crippen LogP contribution in [0.2, 0.25) is 0 Å². The number of hydrogen-bond donors (Lipinski definition) is 4. The molecule has 6 atom stereocenters. The summed E-state index contributed by atoms with van der Waals surface area (Å²) >= 11 is 2.47. The van der Waals surface area contributed by atoms with Gasteiger partial charge in [-0.3, -0.25) is 13.7 Å². The van der Waals surface area contributed by atoms with Crippen molar-refractivity contribution >= 4 is 82.9 Å². The van der Waals surface area contributed by atoms with E-state index >= 15 is 0 Å². The molecule has 0 aromatic heterocycles. The first kappa shape index (κ1) is 66.6.